The molecule has 1 aliphatic heterocycles. The number of rotatable bonds is 6. The van der Waals surface area contributed by atoms with Crippen LogP contribution in [0.1, 0.15) is 94.6 Å². The SMILES string of the molecule is CC1CCC(C2CCC(CCc3ccc(C4CCC(/C(F)=C/C(F)(F)F)CC4)cc3)CC2)OC1. The van der Waals surface area contributed by atoms with E-state index in [-0.39, 0.29) is 6.08 Å². The summed E-state index contributed by atoms with van der Waals surface area (Å²) in [6.45, 7) is 3.22. The third-order valence-electron chi connectivity index (χ3n) is 8.67. The van der Waals surface area contributed by atoms with E-state index in [1.165, 1.54) is 56.1 Å². The molecule has 1 aromatic carbocycles. The average Bonchev–Trinajstić information content (AvgIpc) is 2.83. The molecule has 0 N–H and O–H groups in total. The molecule has 0 amide bonds. The second kappa shape index (κ2) is 11.6. The normalized spacial score (nSPS) is 33.6. The van der Waals surface area contributed by atoms with Crippen LogP contribution in [0.15, 0.2) is 36.2 Å². The number of hydrogen-bond acceptors (Lipinski definition) is 1. The van der Waals surface area contributed by atoms with Crippen LogP contribution in [0.4, 0.5) is 17.6 Å². The van der Waals surface area contributed by atoms with E-state index >= 15 is 0 Å². The Hall–Kier alpha value is -1.36. The fourth-order valence-electron chi connectivity index (χ4n) is 6.43. The molecule has 1 saturated heterocycles. The van der Waals surface area contributed by atoms with Crippen LogP contribution in [-0.2, 0) is 11.2 Å². The first-order valence-corrected chi connectivity index (χ1v) is 13.4. The number of alkyl halides is 3. The van der Waals surface area contributed by atoms with E-state index < -0.39 is 17.9 Å². The molecule has 34 heavy (non-hydrogen) atoms. The standard InChI is InChI=1S/C29H40F4O/c1-20-2-17-28(34-19-20)26-11-7-22(8-12-26)4-3-21-5-9-23(10-6-21)24-13-15-25(16-14-24)27(30)18-29(31,32)33/h5-6,9-10,18,20,22,24-26,28H,2-4,7-8,11-17,19H2,1H3/b27-18-. The first-order valence-electron chi connectivity index (χ1n) is 13.4. The van der Waals surface area contributed by atoms with Gasteiger partial charge in [0, 0.05) is 12.5 Å². The van der Waals surface area contributed by atoms with Crippen molar-refractivity contribution in [3.8, 4) is 0 Å². The van der Waals surface area contributed by atoms with Gasteiger partial charge in [-0.25, -0.2) is 4.39 Å². The Balaban J connectivity index is 1.18. The molecule has 0 aromatic heterocycles. The molecule has 0 radical (unpaired) electrons. The summed E-state index contributed by atoms with van der Waals surface area (Å²) in [6.07, 6.45) is 8.38. The molecule has 1 aromatic rings. The fourth-order valence-corrected chi connectivity index (χ4v) is 6.43. The van der Waals surface area contributed by atoms with E-state index in [1.54, 1.807) is 0 Å². The predicted octanol–water partition coefficient (Wildman–Crippen LogP) is 8.93. The summed E-state index contributed by atoms with van der Waals surface area (Å²) in [6, 6.07) is 8.80. The second-order valence-electron chi connectivity index (χ2n) is 11.2. The Morgan fingerprint density at radius 2 is 1.59 bits per heavy atom. The Bertz CT molecular complexity index is 775. The minimum atomic E-state index is -4.57. The molecule has 2 saturated carbocycles. The molecule has 2 aliphatic carbocycles. The predicted molar refractivity (Wildman–Crippen MR) is 128 cm³/mol. The summed E-state index contributed by atoms with van der Waals surface area (Å²) >= 11 is 0. The Morgan fingerprint density at radius 3 is 2.18 bits per heavy atom. The monoisotopic (exact) mass is 480 g/mol. The van der Waals surface area contributed by atoms with Gasteiger partial charge in [0.2, 0.25) is 0 Å². The maximum atomic E-state index is 13.9. The molecule has 5 heteroatoms. The van der Waals surface area contributed by atoms with Gasteiger partial charge in [-0.15, -0.1) is 0 Å². The third-order valence-corrected chi connectivity index (χ3v) is 8.67. The van der Waals surface area contributed by atoms with Crippen LogP contribution >= 0.6 is 0 Å². The van der Waals surface area contributed by atoms with Gasteiger partial charge in [0.15, 0.2) is 0 Å². The van der Waals surface area contributed by atoms with Crippen LogP contribution in [-0.4, -0.2) is 18.9 Å². The van der Waals surface area contributed by atoms with E-state index in [0.29, 0.717) is 24.9 Å². The van der Waals surface area contributed by atoms with Crippen LogP contribution in [0.25, 0.3) is 0 Å². The van der Waals surface area contributed by atoms with Gasteiger partial charge in [-0.2, -0.15) is 13.2 Å². The third kappa shape index (κ3) is 7.32. The Kier molecular flexibility index (Phi) is 8.76. The number of hydrogen-bond donors (Lipinski definition) is 0. The van der Waals surface area contributed by atoms with Gasteiger partial charge in [0.1, 0.15) is 5.83 Å². The van der Waals surface area contributed by atoms with Gasteiger partial charge in [0.05, 0.1) is 12.2 Å². The minimum absolute atomic E-state index is 0.163. The largest absolute Gasteiger partial charge is 0.412 e. The van der Waals surface area contributed by atoms with Crippen LogP contribution in [0.5, 0.6) is 0 Å². The van der Waals surface area contributed by atoms with E-state index in [9.17, 15) is 17.6 Å². The number of ether oxygens (including phenoxy) is 1. The van der Waals surface area contributed by atoms with Crippen LogP contribution in [0.3, 0.4) is 0 Å². The average molecular weight is 481 g/mol. The summed E-state index contributed by atoms with van der Waals surface area (Å²) < 4.78 is 57.2. The lowest BCUT2D eigenvalue weighted by Gasteiger charge is -2.37. The Labute approximate surface area is 202 Å². The van der Waals surface area contributed by atoms with Gasteiger partial charge in [-0.05, 0) is 99.0 Å². The van der Waals surface area contributed by atoms with Crippen molar-refractivity contribution in [1.29, 1.82) is 0 Å². The van der Waals surface area contributed by atoms with Gasteiger partial charge >= 0.3 is 6.18 Å². The van der Waals surface area contributed by atoms with Gasteiger partial charge in [-0.1, -0.05) is 44.0 Å². The molecule has 1 nitrogen and oxygen atoms in total. The highest BCUT2D eigenvalue weighted by molar-refractivity contribution is 5.26. The minimum Gasteiger partial charge on any atom is -0.378 e. The topological polar surface area (TPSA) is 9.23 Å². The van der Waals surface area contributed by atoms with E-state index in [2.05, 4.69) is 31.2 Å². The number of halogens is 4. The smallest absolute Gasteiger partial charge is 0.378 e. The molecular weight excluding hydrogens is 440 g/mol. The van der Waals surface area contributed by atoms with Gasteiger partial charge in [0.25, 0.3) is 0 Å². The molecule has 4 rings (SSSR count). The maximum Gasteiger partial charge on any atom is 0.412 e. The summed E-state index contributed by atoms with van der Waals surface area (Å²) in [5, 5.41) is 0. The van der Waals surface area contributed by atoms with Crippen molar-refractivity contribution >= 4 is 0 Å². The Morgan fingerprint density at radius 1 is 0.912 bits per heavy atom. The van der Waals surface area contributed by atoms with Crippen LogP contribution in [0.2, 0.25) is 0 Å². The number of benzene rings is 1. The molecule has 0 spiro atoms. The summed E-state index contributed by atoms with van der Waals surface area (Å²) in [4.78, 5) is 0. The zero-order chi connectivity index (χ0) is 24.1. The second-order valence-corrected chi connectivity index (χ2v) is 11.2. The van der Waals surface area contributed by atoms with Crippen molar-refractivity contribution in [2.75, 3.05) is 6.61 Å². The van der Waals surface area contributed by atoms with Crippen molar-refractivity contribution in [3.05, 3.63) is 47.3 Å². The van der Waals surface area contributed by atoms with Crippen molar-refractivity contribution in [1.82, 2.24) is 0 Å². The zero-order valence-electron chi connectivity index (χ0n) is 20.5. The summed E-state index contributed by atoms with van der Waals surface area (Å²) in [7, 11) is 0. The zero-order valence-corrected chi connectivity index (χ0v) is 20.5. The number of allylic oxidation sites excluding steroid dienone is 2. The fraction of sp³-hybridized carbons (Fsp3) is 0.724. The molecule has 0 bridgehead atoms. The molecule has 1 heterocycles. The lowest BCUT2D eigenvalue weighted by molar-refractivity contribution is -0.0820. The highest BCUT2D eigenvalue weighted by Crippen LogP contribution is 2.40. The quantitative estimate of drug-likeness (QED) is 0.369. The van der Waals surface area contributed by atoms with E-state index in [0.717, 1.165) is 43.6 Å². The van der Waals surface area contributed by atoms with Crippen molar-refractivity contribution in [2.24, 2.45) is 23.7 Å². The summed E-state index contributed by atoms with van der Waals surface area (Å²) in [5.74, 6) is 1.03. The van der Waals surface area contributed by atoms with Crippen LogP contribution < -0.4 is 0 Å². The molecule has 3 fully saturated rings. The molecular formula is C29H40F4O. The first kappa shape index (κ1) is 25.7. The highest BCUT2D eigenvalue weighted by atomic mass is 19.4. The molecule has 3 aliphatic rings. The lowest BCUT2D eigenvalue weighted by Crippen LogP contribution is -2.33. The van der Waals surface area contributed by atoms with E-state index in [1.807, 2.05) is 0 Å². The van der Waals surface area contributed by atoms with Crippen molar-refractivity contribution in [3.63, 3.8) is 0 Å². The number of aryl methyl sites for hydroxylation is 1. The maximum absolute atomic E-state index is 13.9. The van der Waals surface area contributed by atoms with Crippen LogP contribution in [0, 0.1) is 23.7 Å². The first-order chi connectivity index (χ1) is 16.3. The summed E-state index contributed by atoms with van der Waals surface area (Å²) in [5.41, 5.74) is 2.60. The molecule has 2 atom stereocenters. The molecule has 190 valence electrons. The molecule has 2 unspecified atom stereocenters. The van der Waals surface area contributed by atoms with Gasteiger partial charge < -0.3 is 4.74 Å². The lowest BCUT2D eigenvalue weighted by atomic mass is 9.75. The van der Waals surface area contributed by atoms with Crippen molar-refractivity contribution in [2.45, 2.75) is 102 Å². The van der Waals surface area contributed by atoms with E-state index in [4.69, 9.17) is 4.74 Å². The van der Waals surface area contributed by atoms with Gasteiger partial charge in [-0.3, -0.25) is 0 Å². The van der Waals surface area contributed by atoms with Crippen molar-refractivity contribution < 1.29 is 22.3 Å². The highest BCUT2D eigenvalue weighted by Gasteiger charge is 2.32.